The van der Waals surface area contributed by atoms with E-state index in [1.165, 1.54) is 11.3 Å². The molecule has 2 heterocycles. The van der Waals surface area contributed by atoms with Crippen molar-refractivity contribution in [3.63, 3.8) is 0 Å². The number of phosphoric ester groups is 1. The van der Waals surface area contributed by atoms with Crippen LogP contribution in [0.3, 0.4) is 0 Å². The maximum absolute atomic E-state index is 14.2. The fourth-order valence-electron chi connectivity index (χ4n) is 4.75. The highest BCUT2D eigenvalue weighted by molar-refractivity contribution is 7.49. The molecule has 1 aromatic heterocycles. The van der Waals surface area contributed by atoms with Gasteiger partial charge in [-0.2, -0.15) is 0 Å². The van der Waals surface area contributed by atoms with E-state index < -0.39 is 19.5 Å². The first kappa shape index (κ1) is 29.6. The number of ether oxygens (including phenoxy) is 1. The zero-order valence-corrected chi connectivity index (χ0v) is 25.9. The number of thiophene rings is 1. The fraction of sp³-hybridized carbons (Fsp3) is 0.323. The van der Waals surface area contributed by atoms with Crippen molar-refractivity contribution in [2.75, 3.05) is 17.3 Å². The summed E-state index contributed by atoms with van der Waals surface area (Å²) in [5, 5.41) is 2.94. The number of rotatable bonds is 9. The number of carbonyl (C=O) groups excluding carboxylic acids is 1. The fourth-order valence-corrected chi connectivity index (χ4v) is 7.26. The van der Waals surface area contributed by atoms with Crippen LogP contribution >= 0.6 is 30.8 Å². The third-order valence-corrected chi connectivity index (χ3v) is 9.38. The first-order chi connectivity index (χ1) is 19.6. The Labute approximate surface area is 249 Å². The molecule has 0 unspecified atom stereocenters. The van der Waals surface area contributed by atoms with Crippen molar-refractivity contribution in [3.8, 4) is 5.75 Å². The molecule has 1 atom stereocenters. The molecule has 7 nitrogen and oxygen atoms in total. The van der Waals surface area contributed by atoms with Gasteiger partial charge in [-0.05, 0) is 55.3 Å². The molecule has 0 spiro atoms. The maximum atomic E-state index is 14.2. The molecule has 0 saturated carbocycles. The summed E-state index contributed by atoms with van der Waals surface area (Å²) in [6.07, 6.45) is -0.478. The van der Waals surface area contributed by atoms with E-state index in [4.69, 9.17) is 29.9 Å². The lowest BCUT2D eigenvalue weighted by Gasteiger charge is -2.25. The van der Waals surface area contributed by atoms with E-state index in [0.29, 0.717) is 23.9 Å². The Kier molecular flexibility index (Phi) is 8.78. The lowest BCUT2D eigenvalue weighted by atomic mass is 9.97. The van der Waals surface area contributed by atoms with Crippen LogP contribution in [0.2, 0.25) is 0 Å². The van der Waals surface area contributed by atoms with Gasteiger partial charge in [0.1, 0.15) is 5.60 Å². The standard InChI is InChI=1S/C31H33ClNO6PS/c1-21-20-41-29-26(15-25-28(27(21)29)24(16-32)17-33(25)30(34)38-31(2,3)4)39-40(35,36-18-22-11-7-5-8-12-22)37-19-23-13-9-6-10-14-23/h5-15,20,24H,16-19H2,1-4H3/t24-/m1/s1. The normalized spacial score (nSPS) is 15.2. The molecule has 0 aliphatic carbocycles. The van der Waals surface area contributed by atoms with Crippen molar-refractivity contribution in [2.45, 2.75) is 52.4 Å². The minimum absolute atomic E-state index is 0.0306. The summed E-state index contributed by atoms with van der Waals surface area (Å²) in [6, 6.07) is 20.6. The van der Waals surface area contributed by atoms with Gasteiger partial charge in [-0.25, -0.2) is 9.36 Å². The predicted molar refractivity (Wildman–Crippen MR) is 164 cm³/mol. The Morgan fingerprint density at radius 1 is 1.02 bits per heavy atom. The molecule has 0 radical (unpaired) electrons. The second kappa shape index (κ2) is 12.2. The van der Waals surface area contributed by atoms with Crippen molar-refractivity contribution < 1.29 is 27.7 Å². The molecule has 10 heteroatoms. The zero-order valence-electron chi connectivity index (χ0n) is 23.5. The highest BCUT2D eigenvalue weighted by Gasteiger charge is 2.39. The first-order valence-corrected chi connectivity index (χ1v) is 16.2. The Bertz CT molecular complexity index is 1520. The summed E-state index contributed by atoms with van der Waals surface area (Å²) in [5.41, 5.74) is 3.56. The average Bonchev–Trinajstić information content (AvgIpc) is 3.52. The number of aryl methyl sites for hydroxylation is 1. The van der Waals surface area contributed by atoms with E-state index in [0.717, 1.165) is 32.3 Å². The second-order valence-corrected chi connectivity index (χ2v) is 13.7. The smallest absolute Gasteiger partial charge is 0.443 e. The largest absolute Gasteiger partial charge is 0.530 e. The number of hydrogen-bond donors (Lipinski definition) is 0. The van der Waals surface area contributed by atoms with Crippen LogP contribution in [0.1, 0.15) is 48.9 Å². The molecule has 1 aliphatic heterocycles. The van der Waals surface area contributed by atoms with Gasteiger partial charge in [0.2, 0.25) is 0 Å². The van der Waals surface area contributed by atoms with Crippen molar-refractivity contribution >= 4 is 52.6 Å². The summed E-state index contributed by atoms with van der Waals surface area (Å²) in [4.78, 5) is 14.9. The molecule has 0 bridgehead atoms. The number of halogens is 1. The number of nitrogens with zero attached hydrogens (tertiary/aromatic N) is 1. The molecule has 0 fully saturated rings. The molecule has 4 aromatic rings. The number of carbonyl (C=O) groups is 1. The van der Waals surface area contributed by atoms with E-state index in [1.807, 2.05) is 93.7 Å². The molecule has 0 saturated heterocycles. The minimum atomic E-state index is -4.15. The second-order valence-electron chi connectivity index (χ2n) is 10.9. The van der Waals surface area contributed by atoms with E-state index in [2.05, 4.69) is 0 Å². The number of amides is 1. The van der Waals surface area contributed by atoms with Gasteiger partial charge in [-0.3, -0.25) is 13.9 Å². The molecule has 41 heavy (non-hydrogen) atoms. The molecule has 5 rings (SSSR count). The highest BCUT2D eigenvalue weighted by Crippen LogP contribution is 2.56. The summed E-state index contributed by atoms with van der Waals surface area (Å²) in [6.45, 7) is 7.91. The third-order valence-electron chi connectivity index (χ3n) is 6.59. The third kappa shape index (κ3) is 6.79. The average molecular weight is 614 g/mol. The van der Waals surface area contributed by atoms with Gasteiger partial charge in [0.05, 0.1) is 23.6 Å². The monoisotopic (exact) mass is 613 g/mol. The van der Waals surface area contributed by atoms with Crippen LogP contribution in [0.4, 0.5) is 10.5 Å². The molecule has 1 amide bonds. The predicted octanol–water partition coefficient (Wildman–Crippen LogP) is 9.21. The van der Waals surface area contributed by atoms with Crippen molar-refractivity contribution in [3.05, 3.63) is 94.4 Å². The number of alkyl halides is 1. The highest BCUT2D eigenvalue weighted by atomic mass is 35.5. The van der Waals surface area contributed by atoms with Gasteiger partial charge in [-0.15, -0.1) is 22.9 Å². The number of anilines is 1. The zero-order chi connectivity index (χ0) is 29.2. The van der Waals surface area contributed by atoms with Crippen LogP contribution in [-0.4, -0.2) is 24.1 Å². The van der Waals surface area contributed by atoms with Gasteiger partial charge >= 0.3 is 13.9 Å². The van der Waals surface area contributed by atoms with Crippen LogP contribution in [0, 0.1) is 6.92 Å². The molecule has 216 valence electrons. The van der Waals surface area contributed by atoms with E-state index in [-0.39, 0.29) is 19.1 Å². The molecule has 1 aliphatic rings. The van der Waals surface area contributed by atoms with Gasteiger partial charge in [0.25, 0.3) is 0 Å². The topological polar surface area (TPSA) is 74.3 Å². The van der Waals surface area contributed by atoms with Crippen molar-refractivity contribution in [1.82, 2.24) is 0 Å². The maximum Gasteiger partial charge on any atom is 0.530 e. The molecular weight excluding hydrogens is 581 g/mol. The Hall–Kier alpha value is -2.87. The lowest BCUT2D eigenvalue weighted by Crippen LogP contribution is -2.36. The number of hydrogen-bond acceptors (Lipinski definition) is 7. The Balaban J connectivity index is 1.54. The molecule has 3 aromatic carbocycles. The van der Waals surface area contributed by atoms with E-state index in [1.54, 1.807) is 11.0 Å². The minimum Gasteiger partial charge on any atom is -0.443 e. The van der Waals surface area contributed by atoms with Crippen LogP contribution in [0.25, 0.3) is 10.1 Å². The first-order valence-electron chi connectivity index (χ1n) is 13.3. The summed E-state index contributed by atoms with van der Waals surface area (Å²) in [7, 11) is -4.15. The molecular formula is C31H33ClNO6PS. The van der Waals surface area contributed by atoms with Gasteiger partial charge in [0, 0.05) is 29.8 Å². The van der Waals surface area contributed by atoms with Crippen molar-refractivity contribution in [2.24, 2.45) is 0 Å². The summed E-state index contributed by atoms with van der Waals surface area (Å²) < 4.78 is 38.7. The van der Waals surface area contributed by atoms with Gasteiger partial charge in [-0.1, -0.05) is 60.7 Å². The number of fused-ring (bicyclic) bond motifs is 3. The number of benzene rings is 3. The van der Waals surface area contributed by atoms with Gasteiger partial charge in [0.15, 0.2) is 5.75 Å². The van der Waals surface area contributed by atoms with Crippen LogP contribution in [-0.2, 0) is 31.6 Å². The van der Waals surface area contributed by atoms with Gasteiger partial charge < -0.3 is 9.26 Å². The Morgan fingerprint density at radius 2 is 1.61 bits per heavy atom. The van der Waals surface area contributed by atoms with Crippen LogP contribution in [0.5, 0.6) is 5.75 Å². The van der Waals surface area contributed by atoms with Crippen LogP contribution < -0.4 is 9.42 Å². The Morgan fingerprint density at radius 3 is 2.15 bits per heavy atom. The lowest BCUT2D eigenvalue weighted by molar-refractivity contribution is 0.0582. The summed E-state index contributed by atoms with van der Waals surface area (Å²) in [5.74, 6) is 0.542. The van der Waals surface area contributed by atoms with Crippen molar-refractivity contribution in [1.29, 1.82) is 0 Å². The van der Waals surface area contributed by atoms with Crippen LogP contribution in [0.15, 0.2) is 72.1 Å². The summed E-state index contributed by atoms with van der Waals surface area (Å²) >= 11 is 7.89. The van der Waals surface area contributed by atoms with E-state index >= 15 is 0 Å². The van der Waals surface area contributed by atoms with E-state index in [9.17, 15) is 9.36 Å². The quantitative estimate of drug-likeness (QED) is 0.138. The number of phosphoric acid groups is 1. The SMILES string of the molecule is Cc1csc2c(OP(=O)(OCc3ccccc3)OCc3ccccc3)cc3c(c12)[C@H](CCl)CN3C(=O)OC(C)(C)C. The molecule has 0 N–H and O–H groups in total.